The van der Waals surface area contributed by atoms with Gasteiger partial charge in [-0.1, -0.05) is 11.6 Å². The Bertz CT molecular complexity index is 652. The highest BCUT2D eigenvalue weighted by Crippen LogP contribution is 2.15. The molecule has 0 aliphatic rings. The summed E-state index contributed by atoms with van der Waals surface area (Å²) in [5.41, 5.74) is 0.209. The van der Waals surface area contributed by atoms with Gasteiger partial charge in [0, 0.05) is 39.5 Å². The molecule has 0 aliphatic carbocycles. The predicted octanol–water partition coefficient (Wildman–Crippen LogP) is 0.931. The summed E-state index contributed by atoms with van der Waals surface area (Å²) in [6, 6.07) is 0. The van der Waals surface area contributed by atoms with E-state index in [1.165, 1.54) is 4.68 Å². The maximum absolute atomic E-state index is 12.0. The molecule has 2 rings (SSSR count). The monoisotopic (exact) mass is 311 g/mol. The average molecular weight is 312 g/mol. The molecule has 0 saturated carbocycles. The number of anilines is 1. The van der Waals surface area contributed by atoms with E-state index in [1.807, 2.05) is 17.8 Å². The second-order valence-corrected chi connectivity index (χ2v) is 4.90. The molecule has 0 fully saturated rings. The maximum Gasteiger partial charge on any atom is 0.287 e. The van der Waals surface area contributed by atoms with E-state index in [0.717, 1.165) is 12.2 Å². The fourth-order valence-electron chi connectivity index (χ4n) is 1.87. The van der Waals surface area contributed by atoms with Crippen molar-refractivity contribution in [2.24, 2.45) is 7.05 Å². The van der Waals surface area contributed by atoms with Crippen LogP contribution >= 0.6 is 11.6 Å². The summed E-state index contributed by atoms with van der Waals surface area (Å²) in [6.45, 7) is 1.41. The van der Waals surface area contributed by atoms with Gasteiger partial charge in [-0.3, -0.25) is 4.79 Å². The molecule has 0 aliphatic heterocycles. The highest BCUT2D eigenvalue weighted by Gasteiger charge is 2.09. The summed E-state index contributed by atoms with van der Waals surface area (Å²) >= 11 is 6.07. The molecule has 0 saturated heterocycles. The molecular formula is C13H18ClN5O2. The fourth-order valence-corrected chi connectivity index (χ4v) is 2.08. The van der Waals surface area contributed by atoms with E-state index in [0.29, 0.717) is 25.4 Å². The number of rotatable bonds is 7. The Labute approximate surface area is 127 Å². The van der Waals surface area contributed by atoms with Gasteiger partial charge in [0.15, 0.2) is 0 Å². The van der Waals surface area contributed by atoms with E-state index in [9.17, 15) is 4.79 Å². The number of methoxy groups -OCH3 is 1. The van der Waals surface area contributed by atoms with Crippen LogP contribution in [0.5, 0.6) is 0 Å². The standard InChI is InChI=1S/C13H18ClN5O2/c1-18-6-5-16-11(18)3-4-15-10-9-17-19(7-8-21-2)13(20)12(10)14/h5-6,9,15H,3-4,7-8H2,1-2H3. The molecule has 8 heteroatoms. The lowest BCUT2D eigenvalue weighted by Gasteiger charge is -2.10. The minimum Gasteiger partial charge on any atom is -0.383 e. The van der Waals surface area contributed by atoms with E-state index >= 15 is 0 Å². The van der Waals surface area contributed by atoms with E-state index in [1.54, 1.807) is 19.5 Å². The number of hydrogen-bond acceptors (Lipinski definition) is 5. The van der Waals surface area contributed by atoms with Gasteiger partial charge in [-0.15, -0.1) is 0 Å². The van der Waals surface area contributed by atoms with Gasteiger partial charge in [-0.2, -0.15) is 5.10 Å². The number of nitrogens with one attached hydrogen (secondary N) is 1. The Hall–Kier alpha value is -1.86. The number of ether oxygens (including phenoxy) is 1. The molecule has 0 atom stereocenters. The van der Waals surface area contributed by atoms with Crippen molar-refractivity contribution in [3.8, 4) is 0 Å². The van der Waals surface area contributed by atoms with Gasteiger partial charge < -0.3 is 14.6 Å². The van der Waals surface area contributed by atoms with Crippen molar-refractivity contribution in [3.05, 3.63) is 39.8 Å². The zero-order valence-electron chi connectivity index (χ0n) is 12.0. The lowest BCUT2D eigenvalue weighted by atomic mass is 10.3. The minimum absolute atomic E-state index is 0.140. The molecule has 1 N–H and O–H groups in total. The van der Waals surface area contributed by atoms with Gasteiger partial charge >= 0.3 is 0 Å². The Kier molecular flexibility index (Phi) is 5.35. The van der Waals surface area contributed by atoms with Crippen LogP contribution in [0.4, 0.5) is 5.69 Å². The molecule has 2 heterocycles. The Balaban J connectivity index is 1.99. The van der Waals surface area contributed by atoms with Crippen LogP contribution in [0.3, 0.4) is 0 Å². The van der Waals surface area contributed by atoms with E-state index in [2.05, 4.69) is 15.4 Å². The van der Waals surface area contributed by atoms with Crippen LogP contribution in [-0.2, 0) is 24.8 Å². The molecule has 0 aromatic carbocycles. The lowest BCUT2D eigenvalue weighted by Crippen LogP contribution is -2.26. The molecule has 0 spiro atoms. The van der Waals surface area contributed by atoms with Crippen LogP contribution < -0.4 is 10.9 Å². The van der Waals surface area contributed by atoms with Crippen molar-refractivity contribution >= 4 is 17.3 Å². The normalized spacial score (nSPS) is 10.8. The van der Waals surface area contributed by atoms with E-state index in [4.69, 9.17) is 16.3 Å². The lowest BCUT2D eigenvalue weighted by molar-refractivity contribution is 0.182. The molecule has 21 heavy (non-hydrogen) atoms. The summed E-state index contributed by atoms with van der Waals surface area (Å²) in [5, 5.41) is 7.32. The molecule has 2 aromatic heterocycles. The van der Waals surface area contributed by atoms with Gasteiger partial charge in [0.25, 0.3) is 5.56 Å². The SMILES string of the molecule is COCCn1ncc(NCCc2nccn2C)c(Cl)c1=O. The van der Waals surface area contributed by atoms with Crippen molar-refractivity contribution < 1.29 is 4.74 Å². The van der Waals surface area contributed by atoms with Crippen molar-refractivity contribution in [3.63, 3.8) is 0 Å². The van der Waals surface area contributed by atoms with Gasteiger partial charge in [-0.25, -0.2) is 9.67 Å². The third kappa shape index (κ3) is 3.83. The van der Waals surface area contributed by atoms with Gasteiger partial charge in [0.1, 0.15) is 10.8 Å². The predicted molar refractivity (Wildman–Crippen MR) is 80.8 cm³/mol. The number of hydrogen-bond donors (Lipinski definition) is 1. The first-order chi connectivity index (χ1) is 10.1. The Morgan fingerprint density at radius 3 is 2.95 bits per heavy atom. The van der Waals surface area contributed by atoms with Crippen molar-refractivity contribution in [1.29, 1.82) is 0 Å². The maximum atomic E-state index is 12.0. The Morgan fingerprint density at radius 1 is 1.48 bits per heavy atom. The first-order valence-electron chi connectivity index (χ1n) is 6.58. The molecule has 114 valence electrons. The summed E-state index contributed by atoms with van der Waals surface area (Å²) in [7, 11) is 3.51. The van der Waals surface area contributed by atoms with Crippen LogP contribution in [0.15, 0.2) is 23.4 Å². The van der Waals surface area contributed by atoms with Crippen LogP contribution in [0, 0.1) is 0 Å². The smallest absolute Gasteiger partial charge is 0.287 e. The van der Waals surface area contributed by atoms with Crippen LogP contribution in [-0.4, -0.2) is 39.6 Å². The molecule has 0 unspecified atom stereocenters. The van der Waals surface area contributed by atoms with Crippen LogP contribution in [0.2, 0.25) is 5.02 Å². The topological polar surface area (TPSA) is 74.0 Å². The molecule has 7 nitrogen and oxygen atoms in total. The van der Waals surface area contributed by atoms with Gasteiger partial charge in [-0.05, 0) is 0 Å². The third-order valence-electron chi connectivity index (χ3n) is 3.08. The molecular weight excluding hydrogens is 294 g/mol. The zero-order chi connectivity index (χ0) is 15.2. The Morgan fingerprint density at radius 2 is 2.29 bits per heavy atom. The average Bonchev–Trinajstić information content (AvgIpc) is 2.88. The quantitative estimate of drug-likeness (QED) is 0.823. The summed E-state index contributed by atoms with van der Waals surface area (Å²) in [4.78, 5) is 16.2. The number of imidazole rings is 1. The fraction of sp³-hybridized carbons (Fsp3) is 0.462. The third-order valence-corrected chi connectivity index (χ3v) is 3.44. The largest absolute Gasteiger partial charge is 0.383 e. The summed E-state index contributed by atoms with van der Waals surface area (Å²) in [6.07, 6.45) is 5.92. The second kappa shape index (κ2) is 7.24. The first kappa shape index (κ1) is 15.5. The zero-order valence-corrected chi connectivity index (χ0v) is 12.8. The molecule has 0 amide bonds. The van der Waals surface area contributed by atoms with Crippen molar-refractivity contribution in [1.82, 2.24) is 19.3 Å². The summed E-state index contributed by atoms with van der Waals surface area (Å²) < 4.78 is 8.16. The number of aromatic nitrogens is 4. The van der Waals surface area contributed by atoms with Crippen LogP contribution in [0.1, 0.15) is 5.82 Å². The number of nitrogens with zero attached hydrogens (tertiary/aromatic N) is 4. The van der Waals surface area contributed by atoms with E-state index in [-0.39, 0.29) is 10.6 Å². The van der Waals surface area contributed by atoms with Crippen molar-refractivity contribution in [2.45, 2.75) is 13.0 Å². The van der Waals surface area contributed by atoms with Gasteiger partial charge in [0.2, 0.25) is 0 Å². The van der Waals surface area contributed by atoms with Crippen molar-refractivity contribution in [2.75, 3.05) is 25.6 Å². The highest BCUT2D eigenvalue weighted by atomic mass is 35.5. The summed E-state index contributed by atoms with van der Waals surface area (Å²) in [5.74, 6) is 0.958. The van der Waals surface area contributed by atoms with Crippen LogP contribution in [0.25, 0.3) is 0 Å². The number of halogens is 1. The number of aryl methyl sites for hydroxylation is 1. The minimum atomic E-state index is -0.323. The molecule has 2 aromatic rings. The van der Waals surface area contributed by atoms with E-state index < -0.39 is 0 Å². The van der Waals surface area contributed by atoms with Gasteiger partial charge in [0.05, 0.1) is 25.0 Å². The molecule has 0 bridgehead atoms. The second-order valence-electron chi connectivity index (χ2n) is 4.52. The molecule has 0 radical (unpaired) electrons. The first-order valence-corrected chi connectivity index (χ1v) is 6.96. The highest BCUT2D eigenvalue weighted by molar-refractivity contribution is 6.32.